The van der Waals surface area contributed by atoms with Crippen LogP contribution in [0.1, 0.15) is 61.3 Å². The topological polar surface area (TPSA) is 18.5 Å². The molecule has 0 aliphatic heterocycles. The number of rotatable bonds is 14. The number of hydrogen-bond donors (Lipinski definition) is 0. The van der Waals surface area contributed by atoms with Crippen molar-refractivity contribution in [1.82, 2.24) is 0 Å². The molecule has 218 valence electrons. The first-order chi connectivity index (χ1) is 19.7. The molecule has 2 nitrogen and oxygen atoms in total. The molecule has 0 N–H and O–H groups in total. The molecule has 0 unspecified atom stereocenters. The summed E-state index contributed by atoms with van der Waals surface area (Å²) in [7, 11) is 0. The fourth-order valence-corrected chi connectivity index (χ4v) is 4.86. The van der Waals surface area contributed by atoms with Crippen LogP contribution < -0.4 is 9.47 Å². The molecule has 0 saturated heterocycles. The van der Waals surface area contributed by atoms with Crippen molar-refractivity contribution in [2.45, 2.75) is 71.1 Å². The van der Waals surface area contributed by atoms with Crippen LogP contribution >= 0.6 is 0 Å². The lowest BCUT2D eigenvalue weighted by Gasteiger charge is -2.11. The molecule has 0 aromatic heterocycles. The third-order valence-electron chi connectivity index (χ3n) is 7.15. The second-order valence-corrected chi connectivity index (χ2v) is 10.3. The minimum atomic E-state index is -4.97. The molecule has 4 rings (SSSR count). The fraction of sp³-hybridized carbons (Fsp3) is 0.353. The Kier molecular flexibility index (Phi) is 10.6. The van der Waals surface area contributed by atoms with Crippen molar-refractivity contribution in [3.63, 3.8) is 0 Å². The van der Waals surface area contributed by atoms with Crippen LogP contribution in [0.2, 0.25) is 0 Å². The molecule has 0 aliphatic carbocycles. The van der Waals surface area contributed by atoms with E-state index in [4.69, 9.17) is 4.74 Å². The zero-order valence-corrected chi connectivity index (χ0v) is 23.2. The van der Waals surface area contributed by atoms with Gasteiger partial charge >= 0.3 is 6.36 Å². The van der Waals surface area contributed by atoms with Crippen LogP contribution in [0, 0.1) is 11.6 Å². The van der Waals surface area contributed by atoms with Gasteiger partial charge < -0.3 is 9.47 Å². The SMILES string of the molecule is CCCCCCCOc1ccc(CCc2ccc3c(F)c(CCc4ccc(OC(F)(F)F)c(F)c4)ccc3c2)cc1. The summed E-state index contributed by atoms with van der Waals surface area (Å²) >= 11 is 0. The average Bonchev–Trinajstić information content (AvgIpc) is 2.95. The van der Waals surface area contributed by atoms with Gasteiger partial charge in [-0.3, -0.25) is 0 Å². The fourth-order valence-electron chi connectivity index (χ4n) is 4.86. The van der Waals surface area contributed by atoms with Crippen LogP contribution in [0.5, 0.6) is 11.5 Å². The predicted octanol–water partition coefficient (Wildman–Crippen LogP) is 9.94. The number of ether oxygens (including phenoxy) is 2. The Hall–Kier alpha value is -3.61. The summed E-state index contributed by atoms with van der Waals surface area (Å²) in [6, 6.07) is 20.8. The normalized spacial score (nSPS) is 11.7. The number of benzene rings is 4. The lowest BCUT2D eigenvalue weighted by Crippen LogP contribution is -2.18. The van der Waals surface area contributed by atoms with Gasteiger partial charge in [-0.1, -0.05) is 81.1 Å². The third kappa shape index (κ3) is 9.20. The molecule has 0 bridgehead atoms. The number of halogens is 5. The number of aryl methyl sites for hydroxylation is 4. The molecule has 0 spiro atoms. The van der Waals surface area contributed by atoms with E-state index >= 15 is 4.39 Å². The highest BCUT2D eigenvalue weighted by molar-refractivity contribution is 5.84. The molecular weight excluding hydrogens is 535 g/mol. The highest BCUT2D eigenvalue weighted by Gasteiger charge is 2.32. The van der Waals surface area contributed by atoms with E-state index in [0.29, 0.717) is 16.5 Å². The highest BCUT2D eigenvalue weighted by atomic mass is 19.4. The lowest BCUT2D eigenvalue weighted by atomic mass is 9.97. The van der Waals surface area contributed by atoms with E-state index in [0.717, 1.165) is 54.7 Å². The smallest absolute Gasteiger partial charge is 0.494 e. The summed E-state index contributed by atoms with van der Waals surface area (Å²) in [5, 5.41) is 1.30. The highest BCUT2D eigenvalue weighted by Crippen LogP contribution is 2.28. The maximum Gasteiger partial charge on any atom is 0.573 e. The zero-order chi connectivity index (χ0) is 29.2. The Labute approximate surface area is 238 Å². The van der Waals surface area contributed by atoms with Gasteiger partial charge in [-0.05, 0) is 84.0 Å². The number of alkyl halides is 3. The van der Waals surface area contributed by atoms with Crippen molar-refractivity contribution in [3.8, 4) is 11.5 Å². The molecule has 41 heavy (non-hydrogen) atoms. The van der Waals surface area contributed by atoms with E-state index in [-0.39, 0.29) is 18.7 Å². The molecule has 0 atom stereocenters. The first-order valence-electron chi connectivity index (χ1n) is 14.2. The molecule has 0 saturated carbocycles. The molecule has 4 aromatic carbocycles. The molecule has 7 heteroatoms. The third-order valence-corrected chi connectivity index (χ3v) is 7.15. The molecule has 0 heterocycles. The van der Waals surface area contributed by atoms with E-state index in [1.807, 2.05) is 30.3 Å². The van der Waals surface area contributed by atoms with Crippen molar-refractivity contribution >= 4 is 10.8 Å². The number of unbranched alkanes of at least 4 members (excludes halogenated alkanes) is 4. The van der Waals surface area contributed by atoms with Crippen LogP contribution in [-0.2, 0) is 25.7 Å². The van der Waals surface area contributed by atoms with Gasteiger partial charge in [0.2, 0.25) is 0 Å². The Morgan fingerprint density at radius 2 is 1.32 bits per heavy atom. The van der Waals surface area contributed by atoms with E-state index in [9.17, 15) is 17.6 Å². The van der Waals surface area contributed by atoms with E-state index in [1.165, 1.54) is 37.3 Å². The Bertz CT molecular complexity index is 1410. The van der Waals surface area contributed by atoms with Gasteiger partial charge in [0.05, 0.1) is 6.61 Å². The Morgan fingerprint density at radius 1 is 0.659 bits per heavy atom. The van der Waals surface area contributed by atoms with Gasteiger partial charge in [-0.15, -0.1) is 13.2 Å². The van der Waals surface area contributed by atoms with Crippen LogP contribution in [0.4, 0.5) is 22.0 Å². The minimum Gasteiger partial charge on any atom is -0.494 e. The number of fused-ring (bicyclic) bond motifs is 1. The quantitative estimate of drug-likeness (QED) is 0.111. The van der Waals surface area contributed by atoms with Crippen molar-refractivity contribution in [3.05, 3.63) is 107 Å². The van der Waals surface area contributed by atoms with E-state index < -0.39 is 17.9 Å². The molecule has 0 aliphatic rings. The maximum atomic E-state index is 15.3. The molecule has 0 radical (unpaired) electrons. The summed E-state index contributed by atoms with van der Waals surface area (Å²) in [6.07, 6.45) is 3.29. The Balaban J connectivity index is 1.30. The summed E-state index contributed by atoms with van der Waals surface area (Å²) in [5.74, 6) is -1.45. The van der Waals surface area contributed by atoms with Crippen LogP contribution in [0.15, 0.2) is 72.8 Å². The largest absolute Gasteiger partial charge is 0.573 e. The van der Waals surface area contributed by atoms with Crippen molar-refractivity contribution in [1.29, 1.82) is 0 Å². The standard InChI is InChI=1S/C34H35F5O2/c1-2-3-4-5-6-21-40-29-17-10-24(11-18-29)7-8-25-12-19-30-28(22-25)16-15-27(33(30)36)14-9-26-13-20-32(31(35)23-26)41-34(37,38)39/h10-13,15-20,22-23H,2-9,14,21H2,1H3. The average molecular weight is 571 g/mol. The van der Waals surface area contributed by atoms with Gasteiger partial charge in [0.15, 0.2) is 11.6 Å². The lowest BCUT2D eigenvalue weighted by molar-refractivity contribution is -0.275. The summed E-state index contributed by atoms with van der Waals surface area (Å²) in [4.78, 5) is 0. The second-order valence-electron chi connectivity index (χ2n) is 10.3. The summed E-state index contributed by atoms with van der Waals surface area (Å²) in [6.45, 7) is 2.95. The monoisotopic (exact) mass is 570 g/mol. The summed E-state index contributed by atoms with van der Waals surface area (Å²) < 4.78 is 75.8. The van der Waals surface area contributed by atoms with E-state index in [1.54, 1.807) is 12.1 Å². The van der Waals surface area contributed by atoms with Crippen molar-refractivity contribution in [2.24, 2.45) is 0 Å². The first kappa shape index (κ1) is 30.4. The molecule has 0 amide bonds. The molecule has 0 fully saturated rings. The van der Waals surface area contributed by atoms with Gasteiger partial charge in [0.25, 0.3) is 0 Å². The minimum absolute atomic E-state index is 0.270. The van der Waals surface area contributed by atoms with Gasteiger partial charge in [-0.25, -0.2) is 8.78 Å². The zero-order valence-electron chi connectivity index (χ0n) is 23.2. The maximum absolute atomic E-state index is 15.3. The van der Waals surface area contributed by atoms with Gasteiger partial charge in [0, 0.05) is 5.39 Å². The number of hydrogen-bond acceptors (Lipinski definition) is 2. The van der Waals surface area contributed by atoms with Crippen LogP contribution in [0.25, 0.3) is 10.8 Å². The molecule has 4 aromatic rings. The first-order valence-corrected chi connectivity index (χ1v) is 14.2. The van der Waals surface area contributed by atoms with Gasteiger partial charge in [-0.2, -0.15) is 0 Å². The van der Waals surface area contributed by atoms with Crippen LogP contribution in [-0.4, -0.2) is 13.0 Å². The van der Waals surface area contributed by atoms with E-state index in [2.05, 4.69) is 23.8 Å². The Morgan fingerprint density at radius 3 is 2.05 bits per heavy atom. The van der Waals surface area contributed by atoms with Crippen LogP contribution in [0.3, 0.4) is 0 Å². The second kappa shape index (κ2) is 14.3. The van der Waals surface area contributed by atoms with Crippen molar-refractivity contribution in [2.75, 3.05) is 6.61 Å². The van der Waals surface area contributed by atoms with Gasteiger partial charge in [0.1, 0.15) is 11.6 Å². The predicted molar refractivity (Wildman–Crippen MR) is 153 cm³/mol. The van der Waals surface area contributed by atoms with Crippen molar-refractivity contribution < 1.29 is 31.4 Å². The summed E-state index contributed by atoms with van der Waals surface area (Å²) in [5.41, 5.74) is 3.23. The molecular formula is C34H35F5O2.